The first kappa shape index (κ1) is 10.3. The molecule has 0 bridgehead atoms. The number of hydrogen-bond acceptors (Lipinski definition) is 2. The number of allylic oxidation sites excluding steroid dienone is 1. The molecule has 0 atom stereocenters. The lowest BCUT2D eigenvalue weighted by atomic mass is 10.0. The molecule has 1 aromatic carbocycles. The fourth-order valence-electron chi connectivity index (χ4n) is 1.43. The molecule has 1 heterocycles. The Kier molecular flexibility index (Phi) is 2.88. The summed E-state index contributed by atoms with van der Waals surface area (Å²) in [5.74, 6) is 0.692. The molecule has 2 aromatic rings. The molecule has 78 valence electrons. The summed E-state index contributed by atoms with van der Waals surface area (Å²) < 4.78 is 5.18. The fraction of sp³-hybridized carbons (Fsp3) is 0.0714. The van der Waals surface area contributed by atoms with E-state index >= 15 is 0 Å². The molecule has 2 nitrogen and oxygen atoms in total. The standard InChI is InChI=1S/C14H11NO/c1-11-4-6-12(7-5-11)13(10-15)9-14-3-2-8-16-14/h2-9H,1H3/b13-9+. The van der Waals surface area contributed by atoms with Gasteiger partial charge >= 0.3 is 0 Å². The molecule has 0 spiro atoms. The van der Waals surface area contributed by atoms with Gasteiger partial charge in [0.2, 0.25) is 0 Å². The maximum Gasteiger partial charge on any atom is 0.127 e. The summed E-state index contributed by atoms with van der Waals surface area (Å²) in [5, 5.41) is 9.09. The molecule has 0 saturated heterocycles. The quantitative estimate of drug-likeness (QED) is 0.708. The van der Waals surface area contributed by atoms with E-state index in [2.05, 4.69) is 6.07 Å². The molecule has 0 aliphatic carbocycles. The van der Waals surface area contributed by atoms with Crippen LogP contribution in [0.2, 0.25) is 0 Å². The van der Waals surface area contributed by atoms with E-state index in [0.29, 0.717) is 11.3 Å². The summed E-state index contributed by atoms with van der Waals surface area (Å²) >= 11 is 0. The number of nitrogens with zero attached hydrogens (tertiary/aromatic N) is 1. The van der Waals surface area contributed by atoms with Gasteiger partial charge in [-0.2, -0.15) is 5.26 Å². The van der Waals surface area contributed by atoms with Gasteiger partial charge in [0.25, 0.3) is 0 Å². The van der Waals surface area contributed by atoms with Gasteiger partial charge in [-0.15, -0.1) is 0 Å². The molecule has 0 aliphatic heterocycles. The highest BCUT2D eigenvalue weighted by molar-refractivity contribution is 5.88. The van der Waals surface area contributed by atoms with Crippen LogP contribution in [0.15, 0.2) is 47.1 Å². The second-order valence-electron chi connectivity index (χ2n) is 3.55. The predicted octanol–water partition coefficient (Wildman–Crippen LogP) is 3.65. The Hall–Kier alpha value is -2.27. The minimum Gasteiger partial charge on any atom is -0.465 e. The Morgan fingerprint density at radius 1 is 1.25 bits per heavy atom. The van der Waals surface area contributed by atoms with Crippen LogP contribution in [0.1, 0.15) is 16.9 Å². The number of nitriles is 1. The number of benzene rings is 1. The molecular weight excluding hydrogens is 198 g/mol. The van der Waals surface area contributed by atoms with Gasteiger partial charge in [-0.05, 0) is 30.7 Å². The zero-order chi connectivity index (χ0) is 11.4. The molecule has 0 fully saturated rings. The lowest BCUT2D eigenvalue weighted by Gasteiger charge is -1.98. The summed E-state index contributed by atoms with van der Waals surface area (Å²) in [6.45, 7) is 2.02. The lowest BCUT2D eigenvalue weighted by Crippen LogP contribution is -1.81. The molecule has 1 aromatic heterocycles. The van der Waals surface area contributed by atoms with Crippen LogP contribution in [-0.2, 0) is 0 Å². The topological polar surface area (TPSA) is 36.9 Å². The summed E-state index contributed by atoms with van der Waals surface area (Å²) in [6.07, 6.45) is 3.33. The van der Waals surface area contributed by atoms with Gasteiger partial charge in [0.05, 0.1) is 17.9 Å². The Morgan fingerprint density at radius 2 is 2.00 bits per heavy atom. The zero-order valence-corrected chi connectivity index (χ0v) is 8.97. The average molecular weight is 209 g/mol. The molecule has 2 rings (SSSR count). The van der Waals surface area contributed by atoms with E-state index in [1.165, 1.54) is 5.56 Å². The SMILES string of the molecule is Cc1ccc(/C(C#N)=C/c2ccco2)cc1. The number of hydrogen-bond donors (Lipinski definition) is 0. The first-order valence-electron chi connectivity index (χ1n) is 5.02. The van der Waals surface area contributed by atoms with E-state index in [0.717, 1.165) is 5.56 Å². The molecule has 0 aliphatic rings. The third-order valence-corrected chi connectivity index (χ3v) is 2.31. The number of rotatable bonds is 2. The van der Waals surface area contributed by atoms with Crippen LogP contribution in [0.3, 0.4) is 0 Å². The van der Waals surface area contributed by atoms with Crippen molar-refractivity contribution in [1.82, 2.24) is 0 Å². The average Bonchev–Trinajstić information content (AvgIpc) is 2.80. The highest BCUT2D eigenvalue weighted by Crippen LogP contribution is 2.18. The number of aryl methyl sites for hydroxylation is 1. The molecule has 2 heteroatoms. The maximum atomic E-state index is 9.09. The minimum atomic E-state index is 0.606. The van der Waals surface area contributed by atoms with Crippen LogP contribution in [0.25, 0.3) is 11.6 Å². The predicted molar refractivity (Wildman–Crippen MR) is 63.4 cm³/mol. The molecule has 0 unspecified atom stereocenters. The third-order valence-electron chi connectivity index (χ3n) is 2.31. The Bertz CT molecular complexity index is 527. The van der Waals surface area contributed by atoms with Crippen molar-refractivity contribution in [2.45, 2.75) is 6.92 Å². The highest BCUT2D eigenvalue weighted by Gasteiger charge is 2.01. The summed E-state index contributed by atoms with van der Waals surface area (Å²) in [5.41, 5.74) is 2.69. The maximum absolute atomic E-state index is 9.09. The van der Waals surface area contributed by atoms with Crippen LogP contribution in [-0.4, -0.2) is 0 Å². The third kappa shape index (κ3) is 2.21. The van der Waals surface area contributed by atoms with Crippen LogP contribution in [0.4, 0.5) is 0 Å². The van der Waals surface area contributed by atoms with E-state index in [1.807, 2.05) is 37.3 Å². The van der Waals surface area contributed by atoms with Crippen LogP contribution < -0.4 is 0 Å². The van der Waals surface area contributed by atoms with Gasteiger partial charge in [0.15, 0.2) is 0 Å². The molecular formula is C14H11NO. The first-order valence-corrected chi connectivity index (χ1v) is 5.02. The summed E-state index contributed by atoms with van der Waals surface area (Å²) in [4.78, 5) is 0. The molecule has 0 radical (unpaired) electrons. The van der Waals surface area contributed by atoms with E-state index in [1.54, 1.807) is 18.4 Å². The van der Waals surface area contributed by atoms with Crippen molar-refractivity contribution >= 4 is 11.6 Å². The van der Waals surface area contributed by atoms with Crippen molar-refractivity contribution in [3.63, 3.8) is 0 Å². The Balaban J connectivity index is 2.37. The van der Waals surface area contributed by atoms with Gasteiger partial charge < -0.3 is 4.42 Å². The van der Waals surface area contributed by atoms with Crippen molar-refractivity contribution in [3.8, 4) is 6.07 Å². The van der Waals surface area contributed by atoms with Crippen molar-refractivity contribution in [2.24, 2.45) is 0 Å². The summed E-state index contributed by atoms with van der Waals surface area (Å²) in [6, 6.07) is 13.7. The van der Waals surface area contributed by atoms with Gasteiger partial charge in [0.1, 0.15) is 5.76 Å². The van der Waals surface area contributed by atoms with Gasteiger partial charge in [-0.3, -0.25) is 0 Å². The normalized spacial score (nSPS) is 11.1. The smallest absolute Gasteiger partial charge is 0.127 e. The molecule has 0 amide bonds. The number of furan rings is 1. The largest absolute Gasteiger partial charge is 0.465 e. The van der Waals surface area contributed by atoms with E-state index in [9.17, 15) is 0 Å². The second kappa shape index (κ2) is 4.50. The molecule has 0 N–H and O–H groups in total. The van der Waals surface area contributed by atoms with Crippen LogP contribution in [0, 0.1) is 18.3 Å². The molecule has 16 heavy (non-hydrogen) atoms. The van der Waals surface area contributed by atoms with Crippen LogP contribution >= 0.6 is 0 Å². The van der Waals surface area contributed by atoms with Gasteiger partial charge in [-0.25, -0.2) is 0 Å². The Labute approximate surface area is 94.4 Å². The van der Waals surface area contributed by atoms with E-state index in [4.69, 9.17) is 9.68 Å². The van der Waals surface area contributed by atoms with Gasteiger partial charge in [0, 0.05) is 0 Å². The van der Waals surface area contributed by atoms with Crippen molar-refractivity contribution in [1.29, 1.82) is 5.26 Å². The van der Waals surface area contributed by atoms with Crippen LogP contribution in [0.5, 0.6) is 0 Å². The monoisotopic (exact) mass is 209 g/mol. The second-order valence-corrected chi connectivity index (χ2v) is 3.55. The van der Waals surface area contributed by atoms with Crippen molar-refractivity contribution in [3.05, 3.63) is 59.5 Å². The lowest BCUT2D eigenvalue weighted by molar-refractivity contribution is 0.557. The fourth-order valence-corrected chi connectivity index (χ4v) is 1.43. The Morgan fingerprint density at radius 3 is 2.56 bits per heavy atom. The van der Waals surface area contributed by atoms with Gasteiger partial charge in [-0.1, -0.05) is 29.8 Å². The molecule has 0 saturated carbocycles. The minimum absolute atomic E-state index is 0.606. The van der Waals surface area contributed by atoms with Crippen molar-refractivity contribution < 1.29 is 4.42 Å². The van der Waals surface area contributed by atoms with Crippen molar-refractivity contribution in [2.75, 3.05) is 0 Å². The van der Waals surface area contributed by atoms with E-state index < -0.39 is 0 Å². The zero-order valence-electron chi connectivity index (χ0n) is 8.97. The van der Waals surface area contributed by atoms with E-state index in [-0.39, 0.29) is 0 Å². The highest BCUT2D eigenvalue weighted by atomic mass is 16.3. The summed E-state index contributed by atoms with van der Waals surface area (Å²) in [7, 11) is 0. The first-order chi connectivity index (χ1) is 7.79.